The van der Waals surface area contributed by atoms with Crippen molar-refractivity contribution in [3.63, 3.8) is 0 Å². The van der Waals surface area contributed by atoms with Gasteiger partial charge in [0.2, 0.25) is 0 Å². The Morgan fingerprint density at radius 3 is 2.62 bits per heavy atom. The van der Waals surface area contributed by atoms with Crippen LogP contribution in [0.3, 0.4) is 0 Å². The summed E-state index contributed by atoms with van der Waals surface area (Å²) >= 11 is 0. The third-order valence-electron chi connectivity index (χ3n) is 2.99. The molecule has 0 unspecified atom stereocenters. The van der Waals surface area contributed by atoms with E-state index in [1.54, 1.807) is 13.8 Å². The number of ether oxygens (including phenoxy) is 1. The Bertz CT molecular complexity index is 690. The number of esters is 1. The quantitative estimate of drug-likeness (QED) is 0.849. The number of nitrogens with zero attached hydrogens (tertiary/aromatic N) is 1. The average Bonchev–Trinajstić information content (AvgIpc) is 2.79. The van der Waals surface area contributed by atoms with Crippen LogP contribution in [0.15, 0.2) is 18.2 Å². The predicted molar refractivity (Wildman–Crippen MR) is 73.8 cm³/mol. The fourth-order valence-corrected chi connectivity index (χ4v) is 1.97. The van der Waals surface area contributed by atoms with Gasteiger partial charge in [-0.05, 0) is 32.0 Å². The molecular formula is C14H14FN3O3. The largest absolute Gasteiger partial charge is 0.465 e. The van der Waals surface area contributed by atoms with Gasteiger partial charge in [0.1, 0.15) is 5.82 Å². The normalized spacial score (nSPS) is 10.3. The summed E-state index contributed by atoms with van der Waals surface area (Å²) in [5.74, 6) is -1.76. The molecule has 1 aromatic carbocycles. The third kappa shape index (κ3) is 2.91. The van der Waals surface area contributed by atoms with Crippen molar-refractivity contribution in [1.29, 1.82) is 0 Å². The minimum Gasteiger partial charge on any atom is -0.465 e. The molecule has 0 aliphatic carbocycles. The molecule has 0 atom stereocenters. The number of methoxy groups -OCH3 is 1. The summed E-state index contributed by atoms with van der Waals surface area (Å²) in [7, 11) is 1.18. The number of aryl methyl sites for hydroxylation is 2. The SMILES string of the molecule is COC(=O)c1cc(F)ccc1NC(=O)c1c(C)n[nH]c1C. The van der Waals surface area contributed by atoms with Crippen LogP contribution in [0.2, 0.25) is 0 Å². The number of halogens is 1. The lowest BCUT2D eigenvalue weighted by molar-refractivity contribution is 0.0601. The standard InChI is InChI=1S/C14H14FN3O3/c1-7-12(8(2)18-17-7)13(19)16-11-5-4-9(15)6-10(11)14(20)21-3/h4-6H,1-3H3,(H,16,19)(H,17,18). The van der Waals surface area contributed by atoms with E-state index >= 15 is 0 Å². The van der Waals surface area contributed by atoms with E-state index in [0.29, 0.717) is 17.0 Å². The number of carbonyl (C=O) groups is 2. The summed E-state index contributed by atoms with van der Waals surface area (Å²) in [4.78, 5) is 23.9. The molecular weight excluding hydrogens is 277 g/mol. The van der Waals surface area contributed by atoms with E-state index in [1.165, 1.54) is 13.2 Å². The van der Waals surface area contributed by atoms with Crippen molar-refractivity contribution in [1.82, 2.24) is 10.2 Å². The second-order valence-electron chi connectivity index (χ2n) is 4.44. The van der Waals surface area contributed by atoms with Crippen molar-refractivity contribution in [2.75, 3.05) is 12.4 Å². The van der Waals surface area contributed by atoms with Crippen molar-refractivity contribution in [2.24, 2.45) is 0 Å². The van der Waals surface area contributed by atoms with Gasteiger partial charge in [-0.15, -0.1) is 0 Å². The van der Waals surface area contributed by atoms with Crippen LogP contribution in [-0.4, -0.2) is 29.2 Å². The maximum absolute atomic E-state index is 13.2. The number of H-pyrrole nitrogens is 1. The molecule has 0 radical (unpaired) electrons. The van der Waals surface area contributed by atoms with Gasteiger partial charge in [0, 0.05) is 5.69 Å². The Hall–Kier alpha value is -2.70. The van der Waals surface area contributed by atoms with Crippen molar-refractivity contribution in [3.8, 4) is 0 Å². The molecule has 1 heterocycles. The molecule has 0 saturated heterocycles. The van der Waals surface area contributed by atoms with Crippen LogP contribution < -0.4 is 5.32 Å². The monoisotopic (exact) mass is 291 g/mol. The van der Waals surface area contributed by atoms with Crippen LogP contribution in [0.1, 0.15) is 32.1 Å². The zero-order chi connectivity index (χ0) is 15.6. The number of carbonyl (C=O) groups excluding carboxylic acids is 2. The highest BCUT2D eigenvalue weighted by Gasteiger charge is 2.19. The Morgan fingerprint density at radius 2 is 2.05 bits per heavy atom. The molecule has 0 aliphatic rings. The van der Waals surface area contributed by atoms with E-state index in [9.17, 15) is 14.0 Å². The number of benzene rings is 1. The molecule has 0 fully saturated rings. The van der Waals surface area contributed by atoms with Gasteiger partial charge in [-0.2, -0.15) is 5.10 Å². The van der Waals surface area contributed by atoms with Crippen molar-refractivity contribution < 1.29 is 18.7 Å². The summed E-state index contributed by atoms with van der Waals surface area (Å²) in [6.07, 6.45) is 0. The summed E-state index contributed by atoms with van der Waals surface area (Å²) in [5.41, 5.74) is 1.64. The van der Waals surface area contributed by atoms with E-state index in [4.69, 9.17) is 0 Å². The van der Waals surface area contributed by atoms with Gasteiger partial charge in [0.15, 0.2) is 0 Å². The van der Waals surface area contributed by atoms with Gasteiger partial charge in [-0.3, -0.25) is 9.89 Å². The number of aromatic nitrogens is 2. The van der Waals surface area contributed by atoms with Gasteiger partial charge >= 0.3 is 5.97 Å². The number of amides is 1. The lowest BCUT2D eigenvalue weighted by Gasteiger charge is -2.10. The minimum absolute atomic E-state index is 0.0512. The van der Waals surface area contributed by atoms with Crippen molar-refractivity contribution >= 4 is 17.6 Å². The summed E-state index contributed by atoms with van der Waals surface area (Å²) < 4.78 is 17.8. The Morgan fingerprint density at radius 1 is 1.33 bits per heavy atom. The van der Waals surface area contributed by atoms with Crippen LogP contribution in [0.4, 0.5) is 10.1 Å². The molecule has 1 aromatic heterocycles. The minimum atomic E-state index is -0.731. The van der Waals surface area contributed by atoms with E-state index < -0.39 is 17.7 Å². The molecule has 0 spiro atoms. The predicted octanol–water partition coefficient (Wildman–Crippen LogP) is 2.20. The number of rotatable bonds is 3. The van der Waals surface area contributed by atoms with E-state index in [1.807, 2.05) is 0 Å². The molecule has 21 heavy (non-hydrogen) atoms. The first kappa shape index (κ1) is 14.7. The fraction of sp³-hybridized carbons (Fsp3) is 0.214. The van der Waals surface area contributed by atoms with E-state index in [0.717, 1.165) is 12.1 Å². The third-order valence-corrected chi connectivity index (χ3v) is 2.99. The first-order valence-corrected chi connectivity index (χ1v) is 6.14. The zero-order valence-corrected chi connectivity index (χ0v) is 11.8. The molecule has 1 amide bonds. The van der Waals surface area contributed by atoms with Crippen LogP contribution in [0, 0.1) is 19.7 Å². The lowest BCUT2D eigenvalue weighted by atomic mass is 10.1. The number of nitrogens with one attached hydrogen (secondary N) is 2. The summed E-state index contributed by atoms with van der Waals surface area (Å²) in [5, 5.41) is 9.20. The second kappa shape index (κ2) is 5.74. The molecule has 2 rings (SSSR count). The number of hydrogen-bond donors (Lipinski definition) is 2. The average molecular weight is 291 g/mol. The number of aromatic amines is 1. The topological polar surface area (TPSA) is 84.1 Å². The first-order valence-electron chi connectivity index (χ1n) is 6.14. The summed E-state index contributed by atoms with van der Waals surface area (Å²) in [6, 6.07) is 3.47. The van der Waals surface area contributed by atoms with E-state index in [2.05, 4.69) is 20.3 Å². The van der Waals surface area contributed by atoms with Gasteiger partial charge < -0.3 is 10.1 Å². The van der Waals surface area contributed by atoms with Crippen LogP contribution in [0.25, 0.3) is 0 Å². The first-order chi connectivity index (χ1) is 9.93. The second-order valence-corrected chi connectivity index (χ2v) is 4.44. The highest BCUT2D eigenvalue weighted by Crippen LogP contribution is 2.20. The lowest BCUT2D eigenvalue weighted by Crippen LogP contribution is -2.17. The fourth-order valence-electron chi connectivity index (χ4n) is 1.97. The molecule has 0 aliphatic heterocycles. The van der Waals surface area contributed by atoms with Gasteiger partial charge in [0.05, 0.1) is 29.6 Å². The molecule has 0 bridgehead atoms. The van der Waals surface area contributed by atoms with Crippen LogP contribution in [-0.2, 0) is 4.74 Å². The highest BCUT2D eigenvalue weighted by atomic mass is 19.1. The Balaban J connectivity index is 2.36. The molecule has 0 saturated carbocycles. The maximum atomic E-state index is 13.2. The highest BCUT2D eigenvalue weighted by molar-refractivity contribution is 6.09. The Kier molecular flexibility index (Phi) is 4.02. The van der Waals surface area contributed by atoms with Gasteiger partial charge in [-0.25, -0.2) is 9.18 Å². The Labute approximate surface area is 120 Å². The molecule has 110 valence electrons. The van der Waals surface area contributed by atoms with Crippen molar-refractivity contribution in [2.45, 2.75) is 13.8 Å². The molecule has 6 nitrogen and oxygen atoms in total. The van der Waals surface area contributed by atoms with Crippen LogP contribution in [0.5, 0.6) is 0 Å². The smallest absolute Gasteiger partial charge is 0.340 e. The van der Waals surface area contributed by atoms with E-state index in [-0.39, 0.29) is 11.3 Å². The van der Waals surface area contributed by atoms with Gasteiger partial charge in [-0.1, -0.05) is 0 Å². The van der Waals surface area contributed by atoms with Crippen LogP contribution >= 0.6 is 0 Å². The molecule has 2 N–H and O–H groups in total. The van der Waals surface area contributed by atoms with Crippen molar-refractivity contribution in [3.05, 3.63) is 46.5 Å². The molecule has 7 heteroatoms. The summed E-state index contributed by atoms with van der Waals surface area (Å²) in [6.45, 7) is 3.39. The maximum Gasteiger partial charge on any atom is 0.340 e. The number of anilines is 1. The number of hydrogen-bond acceptors (Lipinski definition) is 4. The zero-order valence-electron chi connectivity index (χ0n) is 11.8. The molecule has 2 aromatic rings. The van der Waals surface area contributed by atoms with Gasteiger partial charge in [0.25, 0.3) is 5.91 Å².